The topological polar surface area (TPSA) is 299 Å². The lowest BCUT2D eigenvalue weighted by atomic mass is 11.1. The van der Waals surface area contributed by atoms with Crippen LogP contribution in [0.5, 0.6) is 0 Å². The molecule has 0 radical (unpaired) electrons. The van der Waals surface area contributed by atoms with Crippen molar-refractivity contribution < 1.29 is 61.4 Å². The number of phosphoric ester groups is 1. The molecule has 1 aliphatic heterocycles. The number of fused-ring (bicyclic) bond motifs is 1. The Bertz CT molecular complexity index is 1210. The third-order valence-electron chi connectivity index (χ3n) is 3.88. The van der Waals surface area contributed by atoms with Gasteiger partial charge in [0.05, 0.1) is 12.9 Å². The zero-order chi connectivity index (χ0) is 24.1. The van der Waals surface area contributed by atoms with Crippen LogP contribution in [-0.4, -0.2) is 74.2 Å². The van der Waals surface area contributed by atoms with E-state index < -0.39 is 60.2 Å². The molecule has 2 aromatic rings. The Kier molecular flexibility index (Phi) is 6.78. The number of aromatic nitrogens is 4. The van der Waals surface area contributed by atoms with Gasteiger partial charge in [0.15, 0.2) is 17.4 Å². The highest BCUT2D eigenvalue weighted by Gasteiger charge is 2.47. The number of imidazole rings is 1. The molecule has 0 saturated carbocycles. The van der Waals surface area contributed by atoms with Crippen LogP contribution >= 0.6 is 23.5 Å². The van der Waals surface area contributed by atoms with Gasteiger partial charge in [-0.15, -0.1) is 0 Å². The summed E-state index contributed by atoms with van der Waals surface area (Å²) in [5.41, 5.74) is 4.50. The van der Waals surface area contributed by atoms with Crippen LogP contribution in [0.15, 0.2) is 11.1 Å². The summed E-state index contributed by atoms with van der Waals surface area (Å²) in [6, 6.07) is 0. The fourth-order valence-corrected chi connectivity index (χ4v) is 5.73. The molecule has 1 saturated heterocycles. The summed E-state index contributed by atoms with van der Waals surface area (Å²) in [6.45, 7) is -1.01. The first-order chi connectivity index (χ1) is 14.6. The third kappa shape index (κ3) is 5.67. The van der Waals surface area contributed by atoms with E-state index in [-0.39, 0.29) is 17.1 Å². The molecule has 0 aromatic carbocycles. The molecular weight excluding hydrogens is 522 g/mol. The van der Waals surface area contributed by atoms with E-state index in [0.717, 1.165) is 10.9 Å². The van der Waals surface area contributed by atoms with Crippen molar-refractivity contribution in [1.82, 2.24) is 19.5 Å². The molecule has 0 amide bonds. The monoisotopic (exact) mass is 538 g/mol. The van der Waals surface area contributed by atoms with Crippen LogP contribution in [0.4, 0.5) is 5.95 Å². The van der Waals surface area contributed by atoms with Crippen LogP contribution in [0, 0.1) is 0 Å². The number of nitrogens with zero attached hydrogens (tertiary/aromatic N) is 3. The molecule has 3 unspecified atom stereocenters. The van der Waals surface area contributed by atoms with E-state index >= 15 is 0 Å². The van der Waals surface area contributed by atoms with Crippen molar-refractivity contribution >= 4 is 40.6 Å². The first-order valence-electron chi connectivity index (χ1n) is 8.11. The van der Waals surface area contributed by atoms with Gasteiger partial charge in [0.2, 0.25) is 5.95 Å². The fraction of sp³-hybridized carbons (Fsp3) is 0.500. The molecule has 0 spiro atoms. The van der Waals surface area contributed by atoms with Crippen LogP contribution in [-0.2, 0) is 31.6 Å². The van der Waals surface area contributed by atoms with E-state index in [1.807, 2.05) is 0 Å². The zero-order valence-electron chi connectivity index (χ0n) is 15.3. The van der Waals surface area contributed by atoms with E-state index in [9.17, 15) is 33.6 Å². The van der Waals surface area contributed by atoms with Crippen LogP contribution in [0.2, 0.25) is 0 Å². The van der Waals surface area contributed by atoms with Crippen molar-refractivity contribution in [3.05, 3.63) is 16.7 Å². The molecule has 2 aromatic heterocycles. The molecule has 9 N–H and O–H groups in total. The number of ether oxygens (including phenoxy) is 1. The number of hydrogen-bond donors (Lipinski definition) is 8. The van der Waals surface area contributed by atoms with Gasteiger partial charge in [-0.2, -0.15) is 13.6 Å². The fourth-order valence-electron chi connectivity index (χ4n) is 2.70. The Morgan fingerprint density at radius 1 is 1.12 bits per heavy atom. The summed E-state index contributed by atoms with van der Waals surface area (Å²) < 4.78 is 51.6. The number of H-pyrrole nitrogens is 1. The number of nitrogen functional groups attached to an aromatic ring is 1. The number of nitrogens with one attached hydrogen (secondary N) is 1. The number of phosphoric acid groups is 3. The molecule has 19 nitrogen and oxygen atoms in total. The number of rotatable bonds is 8. The average molecular weight is 538 g/mol. The van der Waals surface area contributed by atoms with Gasteiger partial charge in [-0.3, -0.25) is 18.9 Å². The smallest absolute Gasteiger partial charge is 0.387 e. The molecular formula is C10H16N5O14P3. The second kappa shape index (κ2) is 8.66. The largest absolute Gasteiger partial charge is 0.490 e. The Morgan fingerprint density at radius 3 is 2.41 bits per heavy atom. The lowest BCUT2D eigenvalue weighted by molar-refractivity contribution is -0.0503. The van der Waals surface area contributed by atoms with E-state index in [4.69, 9.17) is 25.2 Å². The van der Waals surface area contributed by atoms with Crippen LogP contribution in [0.1, 0.15) is 6.23 Å². The second-order valence-corrected chi connectivity index (χ2v) is 10.6. The van der Waals surface area contributed by atoms with E-state index in [0.29, 0.717) is 0 Å². The number of aliphatic hydroxyl groups excluding tert-OH is 2. The van der Waals surface area contributed by atoms with Crippen molar-refractivity contribution in [3.8, 4) is 0 Å². The summed E-state index contributed by atoms with van der Waals surface area (Å²) >= 11 is 0. The van der Waals surface area contributed by atoms with Crippen molar-refractivity contribution in [2.75, 3.05) is 12.3 Å². The Balaban J connectivity index is 1.72. The second-order valence-electron chi connectivity index (χ2n) is 6.21. The normalized spacial score (nSPS) is 27.9. The number of aliphatic hydroxyl groups is 2. The Hall–Kier alpha value is -1.56. The van der Waals surface area contributed by atoms with Gasteiger partial charge in [0.25, 0.3) is 5.56 Å². The minimum absolute atomic E-state index is 0.115. The van der Waals surface area contributed by atoms with Crippen LogP contribution in [0.3, 0.4) is 0 Å². The molecule has 0 aliphatic carbocycles. The van der Waals surface area contributed by atoms with Crippen LogP contribution < -0.4 is 11.3 Å². The number of anilines is 1. The minimum atomic E-state index is -5.73. The molecule has 3 rings (SSSR count). The van der Waals surface area contributed by atoms with Gasteiger partial charge in [-0.25, -0.2) is 18.7 Å². The van der Waals surface area contributed by atoms with Crippen molar-refractivity contribution in [2.24, 2.45) is 0 Å². The van der Waals surface area contributed by atoms with Gasteiger partial charge in [0, 0.05) is 0 Å². The van der Waals surface area contributed by atoms with E-state index in [2.05, 4.69) is 28.1 Å². The number of aromatic amines is 1. The average Bonchev–Trinajstić information content (AvgIpc) is 3.12. The third-order valence-corrected chi connectivity index (χ3v) is 7.68. The lowest BCUT2D eigenvalue weighted by Crippen LogP contribution is -2.33. The summed E-state index contributed by atoms with van der Waals surface area (Å²) in [7, 11) is -16.8. The first kappa shape index (κ1) is 25.1. The Morgan fingerprint density at radius 2 is 1.78 bits per heavy atom. The van der Waals surface area contributed by atoms with Gasteiger partial charge in [-0.1, -0.05) is 0 Å². The molecule has 32 heavy (non-hydrogen) atoms. The summed E-state index contributed by atoms with van der Waals surface area (Å²) in [5, 5.41) is 20.4. The van der Waals surface area contributed by atoms with Crippen molar-refractivity contribution in [2.45, 2.75) is 24.5 Å². The van der Waals surface area contributed by atoms with E-state index in [1.54, 1.807) is 0 Å². The standard InChI is InChI=1S/C10H16N5O14P3/c11-10-13-7-4(8(18)14-10)12-2-15(7)9-6(17)5(16)3(27-9)1-26-31(22,23)29-32(24,25)28-30(19,20)21/h2-3,5-6,9,16-17H,1H2,(H,22,23)(H,24,25)(H2,19,20,21)(H3,11,13,14,18)/t3-,5?,6+,9-/m1/s1/i1+1,2+1,3+1,4+1,5+1,6+1,7+1,8+1,9+1,10+1,11+1,12+1,13+1,14+1,15+1. The summed E-state index contributed by atoms with van der Waals surface area (Å²) in [5.74, 6) is -0.276. The van der Waals surface area contributed by atoms with Crippen molar-refractivity contribution in [3.63, 3.8) is 0 Å². The van der Waals surface area contributed by atoms with Gasteiger partial charge in [0.1, 0.15) is 18.3 Å². The predicted octanol–water partition coefficient (Wildman–Crippen LogP) is -2.34. The molecule has 1 fully saturated rings. The molecule has 22 heteroatoms. The van der Waals surface area contributed by atoms with Gasteiger partial charge < -0.3 is 40.3 Å². The zero-order valence-corrected chi connectivity index (χ0v) is 18.0. The molecule has 6 atom stereocenters. The number of hydrogen-bond acceptors (Lipinski definition) is 13. The Labute approximate surface area is 175 Å². The molecule has 0 bridgehead atoms. The van der Waals surface area contributed by atoms with E-state index in [1.165, 1.54) is 0 Å². The highest BCUT2D eigenvalue weighted by Crippen LogP contribution is 2.66. The summed E-state index contributed by atoms with van der Waals surface area (Å²) in [6.07, 6.45) is -5.33. The quantitative estimate of drug-likeness (QED) is 0.0992. The SMILES string of the molecule is [15NH2][13c]1[15n][13c]2[13c]([15n][13cH][15n]2[13C@@H]2O[13C@H]([13CH2]OP(=O)(O)OP(=O)(O)OP(=O)(O)O)[13CH](O)[13C@@H]2O)[13c](=O)[15nH]1. The summed E-state index contributed by atoms with van der Waals surface area (Å²) in [4.78, 5) is 57.3. The molecule has 3 heterocycles. The van der Waals surface area contributed by atoms with Crippen molar-refractivity contribution in [1.29, 1.82) is 0 Å². The highest BCUT2D eigenvalue weighted by molar-refractivity contribution is 7.66. The highest BCUT2D eigenvalue weighted by atomic mass is 31.3. The maximum atomic E-state index is 11.9. The molecule has 1 aliphatic rings. The van der Waals surface area contributed by atoms with Gasteiger partial charge >= 0.3 is 23.5 Å². The molecule has 180 valence electrons. The predicted molar refractivity (Wildman–Crippen MR) is 98.3 cm³/mol. The maximum absolute atomic E-state index is 11.9. The number of nitrogens with two attached hydrogens (primary N) is 1. The minimum Gasteiger partial charge on any atom is -0.387 e. The van der Waals surface area contributed by atoms with Gasteiger partial charge in [-0.05, 0) is 0 Å². The van der Waals surface area contributed by atoms with Crippen LogP contribution in [0.25, 0.3) is 11.2 Å². The lowest BCUT2D eigenvalue weighted by Gasteiger charge is -2.19. The first-order valence-corrected chi connectivity index (χ1v) is 12.6. The maximum Gasteiger partial charge on any atom is 0.490 e.